The van der Waals surface area contributed by atoms with Gasteiger partial charge in [-0.2, -0.15) is 11.8 Å². The van der Waals surface area contributed by atoms with E-state index in [0.29, 0.717) is 37.5 Å². The van der Waals surface area contributed by atoms with E-state index >= 15 is 0 Å². The van der Waals surface area contributed by atoms with E-state index < -0.39 is 32.5 Å². The molecule has 408 valence electrons. The number of esters is 2. The lowest BCUT2D eigenvalue weighted by atomic mass is 10.0. The maximum absolute atomic E-state index is 12.8. The summed E-state index contributed by atoms with van der Waals surface area (Å²) in [6, 6.07) is 0.308. The van der Waals surface area contributed by atoms with Gasteiger partial charge in [0.1, 0.15) is 6.61 Å². The van der Waals surface area contributed by atoms with Crippen LogP contribution in [0.1, 0.15) is 245 Å². The number of phosphoric ester groups is 1. The first-order valence-corrected chi connectivity index (χ1v) is 30.8. The van der Waals surface area contributed by atoms with E-state index in [2.05, 4.69) is 35.1 Å². The third kappa shape index (κ3) is 35.7. The van der Waals surface area contributed by atoms with Crippen LogP contribution in [0.2, 0.25) is 0 Å². The van der Waals surface area contributed by atoms with Crippen LogP contribution in [0.15, 0.2) is 0 Å². The van der Waals surface area contributed by atoms with Crippen LogP contribution < -0.4 is 21.3 Å². The average molecular weight is 1030 g/mol. The molecule has 70 heavy (non-hydrogen) atoms. The quantitative estimate of drug-likeness (QED) is 0.0167. The van der Waals surface area contributed by atoms with Crippen LogP contribution in [0.25, 0.3) is 0 Å². The number of nitrogens with one attached hydrogen (secondary N) is 4. The van der Waals surface area contributed by atoms with Gasteiger partial charge in [-0.1, -0.05) is 181 Å². The summed E-state index contributed by atoms with van der Waals surface area (Å²) >= 11 is 1.88. The summed E-state index contributed by atoms with van der Waals surface area (Å²) in [5, 5.41) is 12.0. The predicted octanol–water partition coefficient (Wildman–Crippen LogP) is 12.1. The molecule has 2 saturated heterocycles. The molecule has 0 aromatic heterocycles. The molecule has 0 aliphatic carbocycles. The first kappa shape index (κ1) is 63.7. The van der Waals surface area contributed by atoms with Crippen LogP contribution in [0.5, 0.6) is 0 Å². The fourth-order valence-corrected chi connectivity index (χ4v) is 11.3. The molecule has 2 heterocycles. The highest BCUT2D eigenvalue weighted by atomic mass is 32.2. The zero-order valence-electron chi connectivity index (χ0n) is 43.9. The van der Waals surface area contributed by atoms with Crippen molar-refractivity contribution in [1.29, 1.82) is 0 Å². The fraction of sp³-hybridized carbons (Fsp3) is 0.906. The second kappa shape index (κ2) is 43.1. The molecule has 2 aliphatic heterocycles. The summed E-state index contributed by atoms with van der Waals surface area (Å²) in [5.41, 5.74) is 0. The van der Waals surface area contributed by atoms with Crippen molar-refractivity contribution in [3.63, 3.8) is 0 Å². The van der Waals surface area contributed by atoms with E-state index in [-0.39, 0.29) is 69.0 Å². The third-order valence-electron chi connectivity index (χ3n) is 13.3. The predicted molar refractivity (Wildman–Crippen MR) is 282 cm³/mol. The van der Waals surface area contributed by atoms with Gasteiger partial charge >= 0.3 is 25.8 Å². The number of ether oxygens (including phenoxy) is 2. The molecule has 17 heteroatoms. The molecule has 4 unspecified atom stereocenters. The molecule has 5 atom stereocenters. The topological polar surface area (TPSA) is 208 Å². The van der Waals surface area contributed by atoms with E-state index in [1.165, 1.54) is 116 Å². The number of thioether (sulfide) groups is 1. The third-order valence-corrected chi connectivity index (χ3v) is 15.8. The van der Waals surface area contributed by atoms with E-state index in [0.717, 1.165) is 76.4 Å². The molecular formula is C53H99N4O11PS. The molecule has 0 radical (unpaired) electrons. The molecule has 0 aromatic rings. The lowest BCUT2D eigenvalue weighted by molar-refractivity contribution is -0.161. The smallest absolute Gasteiger partial charge is 0.462 e. The van der Waals surface area contributed by atoms with E-state index in [4.69, 9.17) is 18.5 Å². The van der Waals surface area contributed by atoms with Crippen molar-refractivity contribution in [1.82, 2.24) is 21.3 Å². The molecule has 2 rings (SSSR count). The van der Waals surface area contributed by atoms with Crippen LogP contribution in [-0.2, 0) is 42.3 Å². The molecule has 0 spiro atoms. The minimum absolute atomic E-state index is 0.0106. The number of urea groups is 1. The van der Waals surface area contributed by atoms with Gasteiger partial charge < -0.3 is 35.6 Å². The summed E-state index contributed by atoms with van der Waals surface area (Å²) in [6.45, 7) is 3.93. The molecule has 2 aliphatic rings. The Balaban J connectivity index is 1.59. The van der Waals surface area contributed by atoms with Gasteiger partial charge in [0.05, 0.1) is 25.3 Å². The van der Waals surface area contributed by atoms with Crippen LogP contribution in [0, 0.1) is 0 Å². The number of hydrogen-bond donors (Lipinski definition) is 5. The lowest BCUT2D eigenvalue weighted by Crippen LogP contribution is -2.36. The second-order valence-electron chi connectivity index (χ2n) is 19.8. The number of carbonyl (C=O) groups excluding carboxylic acids is 5. The van der Waals surface area contributed by atoms with Gasteiger partial charge in [-0.15, -0.1) is 0 Å². The van der Waals surface area contributed by atoms with Crippen LogP contribution in [-0.4, -0.2) is 96.8 Å². The zero-order chi connectivity index (χ0) is 50.8. The van der Waals surface area contributed by atoms with Gasteiger partial charge in [0, 0.05) is 49.8 Å². The number of hydrogen-bond acceptors (Lipinski definition) is 11. The Morgan fingerprint density at radius 2 is 1.04 bits per heavy atom. The normalized spacial score (nSPS) is 17.6. The highest BCUT2D eigenvalue weighted by molar-refractivity contribution is 8.00. The van der Waals surface area contributed by atoms with Crippen molar-refractivity contribution in [2.45, 2.75) is 268 Å². The molecule has 4 amide bonds. The number of unbranched alkanes of at least 4 members (excludes halogenated alkanes) is 27. The highest BCUT2D eigenvalue weighted by Gasteiger charge is 2.42. The summed E-state index contributed by atoms with van der Waals surface area (Å²) in [6.07, 6.45) is 36.0. The lowest BCUT2D eigenvalue weighted by Gasteiger charge is -2.20. The molecule has 5 N–H and O–H groups in total. The zero-order valence-corrected chi connectivity index (χ0v) is 45.6. The molecule has 0 saturated carbocycles. The van der Waals surface area contributed by atoms with Crippen molar-refractivity contribution in [3.05, 3.63) is 0 Å². The van der Waals surface area contributed by atoms with Gasteiger partial charge in [0.2, 0.25) is 11.8 Å². The number of amides is 4. The van der Waals surface area contributed by atoms with E-state index in [9.17, 15) is 33.4 Å². The Bertz CT molecular complexity index is 1430. The Hall–Kier alpha value is -2.39. The van der Waals surface area contributed by atoms with Crippen LogP contribution in [0.4, 0.5) is 4.79 Å². The van der Waals surface area contributed by atoms with Crippen molar-refractivity contribution >= 4 is 49.4 Å². The molecule has 15 nitrogen and oxygen atoms in total. The van der Waals surface area contributed by atoms with Gasteiger partial charge in [-0.05, 0) is 38.5 Å². The first-order chi connectivity index (χ1) is 34.0. The Labute approximate surface area is 428 Å². The molecule has 2 fully saturated rings. The van der Waals surface area contributed by atoms with Gasteiger partial charge in [-0.3, -0.25) is 28.2 Å². The number of fused-ring (bicyclic) bond motifs is 1. The maximum Gasteiger partial charge on any atom is 0.472 e. The Kier molecular flexibility index (Phi) is 39.2. The average Bonchev–Trinajstić information content (AvgIpc) is 3.90. The van der Waals surface area contributed by atoms with Crippen molar-refractivity contribution in [3.8, 4) is 0 Å². The minimum Gasteiger partial charge on any atom is -0.462 e. The van der Waals surface area contributed by atoms with Gasteiger partial charge in [0.25, 0.3) is 0 Å². The SMILES string of the molecule is CCCCCCCCCCCCCCCC(=O)OCC(COP(=O)(O)OCCNC(=O)CCCCCNC(=O)CCCCC1SCC2NC(=O)N[C@H]21)OC(=O)CCCCCCCCCCCCCCC. The Morgan fingerprint density at radius 3 is 1.59 bits per heavy atom. The Morgan fingerprint density at radius 1 is 0.586 bits per heavy atom. The number of rotatable bonds is 49. The van der Waals surface area contributed by atoms with Gasteiger partial charge in [0.15, 0.2) is 6.10 Å². The summed E-state index contributed by atoms with van der Waals surface area (Å²) in [7, 11) is -4.59. The van der Waals surface area contributed by atoms with Crippen LogP contribution >= 0.6 is 19.6 Å². The van der Waals surface area contributed by atoms with Crippen LogP contribution in [0.3, 0.4) is 0 Å². The van der Waals surface area contributed by atoms with Crippen molar-refractivity contribution < 1.29 is 52.0 Å². The van der Waals surface area contributed by atoms with Crippen molar-refractivity contribution in [2.24, 2.45) is 0 Å². The summed E-state index contributed by atoms with van der Waals surface area (Å²) < 4.78 is 34.0. The summed E-state index contributed by atoms with van der Waals surface area (Å²) in [4.78, 5) is 72.0. The molecular weight excluding hydrogens is 932 g/mol. The first-order valence-electron chi connectivity index (χ1n) is 28.2. The van der Waals surface area contributed by atoms with Gasteiger partial charge in [-0.25, -0.2) is 9.36 Å². The molecule has 0 aromatic carbocycles. The van der Waals surface area contributed by atoms with Crippen molar-refractivity contribution in [2.75, 3.05) is 38.7 Å². The largest absolute Gasteiger partial charge is 0.472 e. The van der Waals surface area contributed by atoms with E-state index in [1.807, 2.05) is 11.8 Å². The monoisotopic (exact) mass is 1030 g/mol. The summed E-state index contributed by atoms with van der Waals surface area (Å²) in [5.74, 6) is -0.174. The van der Waals surface area contributed by atoms with E-state index in [1.54, 1.807) is 0 Å². The second-order valence-corrected chi connectivity index (χ2v) is 22.5. The standard InChI is InChI=1S/C53H99N4O11PS/c1-3-5-7-9-11-13-15-17-19-21-23-25-29-37-50(60)65-42-45(68-51(61)38-30-26-24-22-20-18-16-14-12-10-8-6-4-2)43-67-69(63,64)66-41-40-55-49(59)35-28-27-33-39-54-48(58)36-32-31-34-47-52-46(44-70-47)56-53(62)57-52/h45-47,52H,3-44H2,1-2H3,(H,54,58)(H,55,59)(H,63,64)(H2,56,57,62)/t45?,46?,47?,52-/m1/s1. The number of phosphoric acid groups is 1. The molecule has 0 bridgehead atoms. The minimum atomic E-state index is -4.59. The highest BCUT2D eigenvalue weighted by Crippen LogP contribution is 2.43. The fourth-order valence-electron chi connectivity index (χ4n) is 9.03. The number of carbonyl (C=O) groups is 5. The maximum atomic E-state index is 12.8.